The molecule has 1 aliphatic heterocycles. The minimum Gasteiger partial charge on any atom is -0.379 e. The minimum absolute atomic E-state index is 0.0456. The molecule has 24 heavy (non-hydrogen) atoms. The van der Waals surface area contributed by atoms with Crippen LogP contribution in [-0.4, -0.2) is 27.5 Å². The van der Waals surface area contributed by atoms with Crippen LogP contribution in [0, 0.1) is 6.92 Å². The first-order valence-electron chi connectivity index (χ1n) is 7.62. The molecule has 126 valence electrons. The van der Waals surface area contributed by atoms with Crippen LogP contribution in [-0.2, 0) is 10.1 Å². The fraction of sp³-hybridized carbons (Fsp3) is 0.235. The average molecular weight is 346 g/mol. The van der Waals surface area contributed by atoms with Crippen LogP contribution >= 0.6 is 0 Å². The van der Waals surface area contributed by atoms with E-state index in [9.17, 15) is 13.2 Å². The third-order valence-electron chi connectivity index (χ3n) is 3.74. The van der Waals surface area contributed by atoms with Crippen molar-refractivity contribution in [3.63, 3.8) is 0 Å². The van der Waals surface area contributed by atoms with Gasteiger partial charge >= 0.3 is 16.1 Å². The molecule has 0 atom stereocenters. The fourth-order valence-corrected chi connectivity index (χ4v) is 3.37. The van der Waals surface area contributed by atoms with Crippen LogP contribution in [0.2, 0.25) is 0 Å². The van der Waals surface area contributed by atoms with Crippen molar-refractivity contribution in [2.45, 2.75) is 18.2 Å². The van der Waals surface area contributed by atoms with Crippen molar-refractivity contribution >= 4 is 21.8 Å². The maximum Gasteiger partial charge on any atom is 0.339 e. The molecular weight excluding hydrogens is 328 g/mol. The van der Waals surface area contributed by atoms with Crippen molar-refractivity contribution in [3.8, 4) is 5.75 Å². The van der Waals surface area contributed by atoms with E-state index in [-0.39, 0.29) is 16.7 Å². The number of hydrogen-bond donors (Lipinski definition) is 1. The van der Waals surface area contributed by atoms with Crippen LogP contribution < -0.4 is 14.4 Å². The average Bonchev–Trinajstić information content (AvgIpc) is 2.57. The van der Waals surface area contributed by atoms with E-state index in [1.807, 2.05) is 6.92 Å². The van der Waals surface area contributed by atoms with Gasteiger partial charge in [0.2, 0.25) is 0 Å². The van der Waals surface area contributed by atoms with Crippen LogP contribution in [0.15, 0.2) is 53.4 Å². The first kappa shape index (κ1) is 16.3. The molecule has 0 saturated carbocycles. The standard InChI is InChI=1S/C17H18N2O4S/c1-13-3-7-15(8-4-13)23-24(21,22)16-9-5-14(6-10-16)19-12-2-11-18-17(19)20/h3-10H,2,11-12H2,1H3,(H,18,20). The fourth-order valence-electron chi connectivity index (χ4n) is 2.44. The largest absolute Gasteiger partial charge is 0.379 e. The van der Waals surface area contributed by atoms with E-state index in [1.54, 1.807) is 41.3 Å². The van der Waals surface area contributed by atoms with E-state index >= 15 is 0 Å². The van der Waals surface area contributed by atoms with Gasteiger partial charge in [0.1, 0.15) is 10.6 Å². The molecule has 0 bridgehead atoms. The van der Waals surface area contributed by atoms with Crippen LogP contribution in [0.3, 0.4) is 0 Å². The summed E-state index contributed by atoms with van der Waals surface area (Å²) in [7, 11) is -3.91. The number of rotatable bonds is 4. The highest BCUT2D eigenvalue weighted by Gasteiger charge is 2.21. The van der Waals surface area contributed by atoms with Crippen molar-refractivity contribution in [3.05, 3.63) is 54.1 Å². The van der Waals surface area contributed by atoms with Gasteiger partial charge in [0.15, 0.2) is 0 Å². The van der Waals surface area contributed by atoms with Gasteiger partial charge in [-0.1, -0.05) is 17.7 Å². The minimum atomic E-state index is -3.91. The maximum atomic E-state index is 12.3. The Labute approximate surface area is 141 Å². The van der Waals surface area contributed by atoms with E-state index in [0.717, 1.165) is 12.0 Å². The number of aryl methyl sites for hydroxylation is 1. The molecule has 2 aromatic carbocycles. The van der Waals surface area contributed by atoms with Crippen molar-refractivity contribution in [1.29, 1.82) is 0 Å². The van der Waals surface area contributed by atoms with Gasteiger partial charge in [0.25, 0.3) is 0 Å². The van der Waals surface area contributed by atoms with Crippen molar-refractivity contribution in [1.82, 2.24) is 5.32 Å². The Hall–Kier alpha value is -2.54. The lowest BCUT2D eigenvalue weighted by atomic mass is 10.2. The van der Waals surface area contributed by atoms with E-state index in [2.05, 4.69) is 5.32 Å². The maximum absolute atomic E-state index is 12.3. The number of benzene rings is 2. The number of carbonyl (C=O) groups excluding carboxylic acids is 1. The van der Waals surface area contributed by atoms with Crippen LogP contribution in [0.1, 0.15) is 12.0 Å². The summed E-state index contributed by atoms with van der Waals surface area (Å²) >= 11 is 0. The Morgan fingerprint density at radius 3 is 2.33 bits per heavy atom. The Morgan fingerprint density at radius 1 is 1.04 bits per heavy atom. The SMILES string of the molecule is Cc1ccc(OS(=O)(=O)c2ccc(N3CCCNC3=O)cc2)cc1. The Kier molecular flexibility index (Phi) is 4.44. The van der Waals surface area contributed by atoms with Crippen LogP contribution in [0.4, 0.5) is 10.5 Å². The molecular formula is C17H18N2O4S. The van der Waals surface area contributed by atoms with Crippen molar-refractivity contribution < 1.29 is 17.4 Å². The second-order valence-corrected chi connectivity index (χ2v) is 7.13. The van der Waals surface area contributed by atoms with Gasteiger partial charge < -0.3 is 9.50 Å². The second kappa shape index (κ2) is 6.52. The number of urea groups is 1. The molecule has 6 nitrogen and oxygen atoms in total. The summed E-state index contributed by atoms with van der Waals surface area (Å²) in [6.45, 7) is 3.18. The third-order valence-corrected chi connectivity index (χ3v) is 5.01. The molecule has 1 saturated heterocycles. The summed E-state index contributed by atoms with van der Waals surface area (Å²) in [4.78, 5) is 13.4. The molecule has 2 aromatic rings. The normalized spacial score (nSPS) is 15.0. The quantitative estimate of drug-likeness (QED) is 0.864. The number of nitrogens with one attached hydrogen (secondary N) is 1. The molecule has 7 heteroatoms. The molecule has 3 rings (SSSR count). The molecule has 0 unspecified atom stereocenters. The van der Waals surface area contributed by atoms with Crippen LogP contribution in [0.5, 0.6) is 5.75 Å². The third kappa shape index (κ3) is 3.51. The summed E-state index contributed by atoms with van der Waals surface area (Å²) in [5.41, 5.74) is 1.67. The predicted octanol–water partition coefficient (Wildman–Crippen LogP) is 2.68. The molecule has 2 amide bonds. The van der Waals surface area contributed by atoms with Gasteiger partial charge in [0.05, 0.1) is 0 Å². The zero-order valence-corrected chi connectivity index (χ0v) is 14.0. The number of carbonyl (C=O) groups is 1. The van der Waals surface area contributed by atoms with E-state index < -0.39 is 10.1 Å². The second-order valence-electron chi connectivity index (χ2n) is 5.58. The summed E-state index contributed by atoms with van der Waals surface area (Å²) < 4.78 is 29.8. The lowest BCUT2D eigenvalue weighted by Gasteiger charge is -2.27. The zero-order chi connectivity index (χ0) is 17.2. The van der Waals surface area contributed by atoms with Gasteiger partial charge in [0, 0.05) is 18.8 Å². The first-order valence-corrected chi connectivity index (χ1v) is 9.03. The zero-order valence-electron chi connectivity index (χ0n) is 13.2. The molecule has 0 aromatic heterocycles. The Balaban J connectivity index is 1.78. The van der Waals surface area contributed by atoms with Gasteiger partial charge in [-0.3, -0.25) is 4.90 Å². The molecule has 0 spiro atoms. The summed E-state index contributed by atoms with van der Waals surface area (Å²) in [5, 5.41) is 2.76. The number of amides is 2. The lowest BCUT2D eigenvalue weighted by Crippen LogP contribution is -2.46. The Bertz CT molecular complexity index is 830. The summed E-state index contributed by atoms with van der Waals surface area (Å²) in [5.74, 6) is 0.264. The molecule has 1 N–H and O–H groups in total. The topological polar surface area (TPSA) is 75.7 Å². The predicted molar refractivity (Wildman–Crippen MR) is 90.8 cm³/mol. The highest BCUT2D eigenvalue weighted by molar-refractivity contribution is 7.87. The highest BCUT2D eigenvalue weighted by Crippen LogP contribution is 2.23. The summed E-state index contributed by atoms with van der Waals surface area (Å²) in [6.07, 6.45) is 0.850. The summed E-state index contributed by atoms with van der Waals surface area (Å²) in [6, 6.07) is 12.7. The van der Waals surface area contributed by atoms with Gasteiger partial charge in [-0.05, 0) is 49.7 Å². The number of nitrogens with zero attached hydrogens (tertiary/aromatic N) is 1. The number of hydrogen-bond acceptors (Lipinski definition) is 4. The lowest BCUT2D eigenvalue weighted by molar-refractivity contribution is 0.243. The smallest absolute Gasteiger partial charge is 0.339 e. The Morgan fingerprint density at radius 2 is 1.71 bits per heavy atom. The first-order chi connectivity index (χ1) is 11.5. The van der Waals surface area contributed by atoms with Gasteiger partial charge in [-0.2, -0.15) is 8.42 Å². The molecule has 1 aliphatic rings. The molecule has 1 fully saturated rings. The van der Waals surface area contributed by atoms with E-state index in [4.69, 9.17) is 4.18 Å². The molecule has 1 heterocycles. The van der Waals surface area contributed by atoms with Gasteiger partial charge in [-0.15, -0.1) is 0 Å². The van der Waals surface area contributed by atoms with E-state index in [0.29, 0.717) is 18.8 Å². The number of anilines is 1. The van der Waals surface area contributed by atoms with Crippen molar-refractivity contribution in [2.24, 2.45) is 0 Å². The van der Waals surface area contributed by atoms with Crippen LogP contribution in [0.25, 0.3) is 0 Å². The van der Waals surface area contributed by atoms with Gasteiger partial charge in [-0.25, -0.2) is 4.79 Å². The monoisotopic (exact) mass is 346 g/mol. The van der Waals surface area contributed by atoms with Crippen molar-refractivity contribution in [2.75, 3.05) is 18.0 Å². The molecule has 0 radical (unpaired) electrons. The molecule has 0 aliphatic carbocycles. The van der Waals surface area contributed by atoms with E-state index in [1.165, 1.54) is 12.1 Å². The highest BCUT2D eigenvalue weighted by atomic mass is 32.2.